The van der Waals surface area contributed by atoms with Crippen LogP contribution in [0.1, 0.15) is 11.3 Å². The Bertz CT molecular complexity index is 563. The van der Waals surface area contributed by atoms with E-state index in [9.17, 15) is 4.21 Å². The molecule has 0 spiro atoms. The molecule has 0 aliphatic heterocycles. The zero-order chi connectivity index (χ0) is 12.4. The van der Waals surface area contributed by atoms with Crippen LogP contribution in [-0.2, 0) is 23.6 Å². The molecule has 2 aromatic rings. The first-order valence-corrected chi connectivity index (χ1v) is 6.61. The average Bonchev–Trinajstić information content (AvgIpc) is 2.67. The van der Waals surface area contributed by atoms with Gasteiger partial charge in [0.2, 0.25) is 0 Å². The second kappa shape index (κ2) is 4.71. The minimum absolute atomic E-state index is 0.422. The van der Waals surface area contributed by atoms with Gasteiger partial charge in [-0.15, -0.1) is 0 Å². The smallest absolute Gasteiger partial charge is 0.0753 e. The molecule has 0 bridgehead atoms. The molecule has 1 heterocycles. The van der Waals surface area contributed by atoms with Crippen LogP contribution in [0, 0.1) is 6.92 Å². The second-order valence-corrected chi connectivity index (χ2v) is 5.42. The van der Waals surface area contributed by atoms with Crippen molar-refractivity contribution in [2.45, 2.75) is 17.6 Å². The number of benzene rings is 1. The van der Waals surface area contributed by atoms with E-state index < -0.39 is 10.8 Å². The molecule has 0 radical (unpaired) electrons. The number of nitrogen functional groups attached to an aromatic ring is 1. The lowest BCUT2D eigenvalue weighted by Crippen LogP contribution is -2.01. The quantitative estimate of drug-likeness (QED) is 0.841. The van der Waals surface area contributed by atoms with E-state index in [1.54, 1.807) is 10.7 Å². The van der Waals surface area contributed by atoms with Gasteiger partial charge in [0.15, 0.2) is 0 Å². The molecule has 5 heteroatoms. The molecule has 17 heavy (non-hydrogen) atoms. The summed E-state index contributed by atoms with van der Waals surface area (Å²) in [5.41, 5.74) is 8.17. The predicted molar refractivity (Wildman–Crippen MR) is 68.9 cm³/mol. The molecule has 1 aromatic heterocycles. The first-order valence-electron chi connectivity index (χ1n) is 5.29. The van der Waals surface area contributed by atoms with Crippen molar-refractivity contribution in [3.05, 3.63) is 41.7 Å². The average molecular weight is 249 g/mol. The maximum atomic E-state index is 12.2. The summed E-state index contributed by atoms with van der Waals surface area (Å²) in [6.45, 7) is 1.94. The highest BCUT2D eigenvalue weighted by molar-refractivity contribution is 7.84. The van der Waals surface area contributed by atoms with E-state index in [2.05, 4.69) is 5.10 Å². The number of aryl methyl sites for hydroxylation is 2. The van der Waals surface area contributed by atoms with Crippen LogP contribution in [0.5, 0.6) is 0 Å². The van der Waals surface area contributed by atoms with Gasteiger partial charge in [0, 0.05) is 23.8 Å². The van der Waals surface area contributed by atoms with Crippen molar-refractivity contribution in [1.29, 1.82) is 0 Å². The van der Waals surface area contributed by atoms with E-state index in [-0.39, 0.29) is 0 Å². The molecule has 1 aromatic carbocycles. The summed E-state index contributed by atoms with van der Waals surface area (Å²) < 4.78 is 13.9. The van der Waals surface area contributed by atoms with Gasteiger partial charge in [0.1, 0.15) is 0 Å². The molecule has 4 nitrogen and oxygen atoms in total. The Morgan fingerprint density at radius 3 is 2.82 bits per heavy atom. The maximum Gasteiger partial charge on any atom is 0.0753 e. The Morgan fingerprint density at radius 2 is 2.18 bits per heavy atom. The molecular formula is C12H15N3OS. The lowest BCUT2D eigenvalue weighted by molar-refractivity contribution is 0.680. The summed E-state index contributed by atoms with van der Waals surface area (Å²) in [5, 5.41) is 4.22. The summed E-state index contributed by atoms with van der Waals surface area (Å²) >= 11 is 0. The fourth-order valence-corrected chi connectivity index (χ4v) is 2.89. The van der Waals surface area contributed by atoms with Gasteiger partial charge in [-0.25, -0.2) is 0 Å². The monoisotopic (exact) mass is 249 g/mol. The molecule has 0 aliphatic carbocycles. The van der Waals surface area contributed by atoms with Gasteiger partial charge in [-0.1, -0.05) is 6.07 Å². The van der Waals surface area contributed by atoms with Crippen LogP contribution in [0.3, 0.4) is 0 Å². The van der Waals surface area contributed by atoms with Gasteiger partial charge >= 0.3 is 0 Å². The SMILES string of the molecule is Cc1ccc(N)cc1S(=O)Cc1ccn(C)n1. The molecule has 1 atom stereocenters. The highest BCUT2D eigenvalue weighted by Gasteiger charge is 2.10. The third kappa shape index (κ3) is 2.74. The Balaban J connectivity index is 2.22. The highest BCUT2D eigenvalue weighted by atomic mass is 32.2. The van der Waals surface area contributed by atoms with Crippen molar-refractivity contribution in [3.8, 4) is 0 Å². The fourth-order valence-electron chi connectivity index (χ4n) is 1.61. The summed E-state index contributed by atoms with van der Waals surface area (Å²) in [6.07, 6.45) is 1.85. The van der Waals surface area contributed by atoms with Crippen molar-refractivity contribution < 1.29 is 4.21 Å². The molecule has 2 N–H and O–H groups in total. The third-order valence-corrected chi connectivity index (χ3v) is 3.99. The summed E-state index contributed by atoms with van der Waals surface area (Å²) in [6, 6.07) is 7.35. The van der Waals surface area contributed by atoms with Crippen LogP contribution >= 0.6 is 0 Å². The number of hydrogen-bond donors (Lipinski definition) is 1. The van der Waals surface area contributed by atoms with Crippen molar-refractivity contribution in [1.82, 2.24) is 9.78 Å². The van der Waals surface area contributed by atoms with Crippen molar-refractivity contribution in [3.63, 3.8) is 0 Å². The number of nitrogens with two attached hydrogens (primary N) is 1. The Morgan fingerprint density at radius 1 is 1.41 bits per heavy atom. The molecule has 0 saturated heterocycles. The van der Waals surface area contributed by atoms with E-state index in [1.165, 1.54) is 0 Å². The van der Waals surface area contributed by atoms with Crippen LogP contribution in [0.4, 0.5) is 5.69 Å². The minimum atomic E-state index is -1.10. The molecule has 0 amide bonds. The lowest BCUT2D eigenvalue weighted by atomic mass is 10.2. The van der Waals surface area contributed by atoms with Gasteiger partial charge in [-0.2, -0.15) is 5.10 Å². The lowest BCUT2D eigenvalue weighted by Gasteiger charge is -2.05. The molecule has 0 fully saturated rings. The zero-order valence-electron chi connectivity index (χ0n) is 9.88. The molecule has 0 aliphatic rings. The highest BCUT2D eigenvalue weighted by Crippen LogP contribution is 2.18. The van der Waals surface area contributed by atoms with Crippen molar-refractivity contribution >= 4 is 16.5 Å². The molecule has 90 valence electrons. The van der Waals surface area contributed by atoms with Gasteiger partial charge < -0.3 is 5.73 Å². The van der Waals surface area contributed by atoms with E-state index >= 15 is 0 Å². The number of anilines is 1. The normalized spacial score (nSPS) is 12.6. The van der Waals surface area contributed by atoms with Gasteiger partial charge in [-0.3, -0.25) is 8.89 Å². The number of aromatic nitrogens is 2. The molecular weight excluding hydrogens is 234 g/mol. The second-order valence-electron chi connectivity index (χ2n) is 4.00. The van der Waals surface area contributed by atoms with Crippen molar-refractivity contribution in [2.75, 3.05) is 5.73 Å². The fraction of sp³-hybridized carbons (Fsp3) is 0.250. The van der Waals surface area contributed by atoms with Gasteiger partial charge in [-0.05, 0) is 30.7 Å². The van der Waals surface area contributed by atoms with E-state index in [0.29, 0.717) is 11.4 Å². The first kappa shape index (κ1) is 11.9. The summed E-state index contributed by atoms with van der Waals surface area (Å²) in [5.74, 6) is 0.422. The molecule has 0 saturated carbocycles. The maximum absolute atomic E-state index is 12.2. The van der Waals surface area contributed by atoms with Gasteiger partial charge in [0.25, 0.3) is 0 Å². The Kier molecular flexibility index (Phi) is 3.28. The van der Waals surface area contributed by atoms with Crippen molar-refractivity contribution in [2.24, 2.45) is 7.05 Å². The summed E-state index contributed by atoms with van der Waals surface area (Å²) in [7, 11) is 0.747. The standard InChI is InChI=1S/C12H15N3OS/c1-9-3-4-10(13)7-12(9)17(16)8-11-5-6-15(2)14-11/h3-7H,8,13H2,1-2H3. The van der Waals surface area contributed by atoms with Crippen LogP contribution in [0.25, 0.3) is 0 Å². The van der Waals surface area contributed by atoms with Crippen LogP contribution in [-0.4, -0.2) is 14.0 Å². The number of rotatable bonds is 3. The Labute approximate surface area is 103 Å². The molecule has 1 unspecified atom stereocenters. The minimum Gasteiger partial charge on any atom is -0.399 e. The largest absolute Gasteiger partial charge is 0.399 e. The van der Waals surface area contributed by atoms with E-state index in [4.69, 9.17) is 5.73 Å². The molecule has 2 rings (SSSR count). The number of hydrogen-bond acceptors (Lipinski definition) is 3. The Hall–Kier alpha value is -1.62. The zero-order valence-corrected chi connectivity index (χ0v) is 10.7. The third-order valence-electron chi connectivity index (χ3n) is 2.51. The van der Waals surface area contributed by atoms with Crippen LogP contribution in [0.2, 0.25) is 0 Å². The van der Waals surface area contributed by atoms with Crippen LogP contribution in [0.15, 0.2) is 35.4 Å². The van der Waals surface area contributed by atoms with E-state index in [1.807, 2.05) is 38.4 Å². The predicted octanol–water partition coefficient (Wildman–Crippen LogP) is 1.62. The number of nitrogens with zero attached hydrogens (tertiary/aromatic N) is 2. The van der Waals surface area contributed by atoms with E-state index in [0.717, 1.165) is 16.2 Å². The van der Waals surface area contributed by atoms with Crippen LogP contribution < -0.4 is 5.73 Å². The topological polar surface area (TPSA) is 60.9 Å². The first-order chi connectivity index (χ1) is 8.06. The summed E-state index contributed by atoms with van der Waals surface area (Å²) in [4.78, 5) is 0.788. The van der Waals surface area contributed by atoms with Gasteiger partial charge in [0.05, 0.1) is 22.2 Å².